The van der Waals surface area contributed by atoms with Crippen LogP contribution in [0.2, 0.25) is 5.22 Å². The summed E-state index contributed by atoms with van der Waals surface area (Å²) in [4.78, 5) is 9.20. The first kappa shape index (κ1) is 13.2. The van der Waals surface area contributed by atoms with E-state index in [-0.39, 0.29) is 0 Å². The number of nitrogens with zero attached hydrogens (tertiary/aromatic N) is 3. The lowest BCUT2D eigenvalue weighted by atomic mass is 10.1. The molecule has 3 aromatic heterocycles. The molecule has 0 N–H and O–H groups in total. The number of pyridine rings is 1. The van der Waals surface area contributed by atoms with Crippen LogP contribution in [0, 0.1) is 5.92 Å². The molecule has 4 heterocycles. The highest BCUT2D eigenvalue weighted by Crippen LogP contribution is 2.29. The summed E-state index contributed by atoms with van der Waals surface area (Å²) in [5.74, 6) is 4.81. The van der Waals surface area contributed by atoms with Gasteiger partial charge in [0.1, 0.15) is 11.3 Å². The molecule has 1 aliphatic rings. The number of halogens is 1. The summed E-state index contributed by atoms with van der Waals surface area (Å²) in [6.07, 6.45) is 3.97. The molecule has 4 nitrogen and oxygen atoms in total. The van der Waals surface area contributed by atoms with Crippen molar-refractivity contribution in [2.24, 2.45) is 5.92 Å². The summed E-state index contributed by atoms with van der Waals surface area (Å²) in [5.41, 5.74) is 1.72. The van der Waals surface area contributed by atoms with Gasteiger partial charge in [-0.25, -0.2) is 14.5 Å². The summed E-state index contributed by atoms with van der Waals surface area (Å²) in [5, 5.41) is 0.380. The highest BCUT2D eigenvalue weighted by atomic mass is 35.5. The summed E-state index contributed by atoms with van der Waals surface area (Å²) < 4.78 is 7.57. The lowest BCUT2D eigenvalue weighted by molar-refractivity contribution is 0.520. The summed E-state index contributed by atoms with van der Waals surface area (Å²) in [7, 11) is 0. The van der Waals surface area contributed by atoms with E-state index in [1.807, 2.05) is 34.5 Å². The van der Waals surface area contributed by atoms with Crippen molar-refractivity contribution in [3.8, 4) is 5.88 Å². The first-order valence-corrected chi connectivity index (χ1v) is 8.50. The third kappa shape index (κ3) is 2.45. The van der Waals surface area contributed by atoms with Crippen LogP contribution in [-0.2, 0) is 6.42 Å². The molecule has 1 fully saturated rings. The Bertz CT molecular complexity index is 776. The Balaban J connectivity index is 1.84. The maximum Gasteiger partial charge on any atom is 0.208 e. The number of furan rings is 1. The number of hydrogen-bond acceptors (Lipinski definition) is 4. The quantitative estimate of drug-likeness (QED) is 0.733. The second-order valence-electron chi connectivity index (χ2n) is 5.22. The van der Waals surface area contributed by atoms with E-state index in [0.717, 1.165) is 23.4 Å². The Morgan fingerprint density at radius 3 is 3.10 bits per heavy atom. The van der Waals surface area contributed by atoms with Crippen LogP contribution in [0.3, 0.4) is 0 Å². The van der Waals surface area contributed by atoms with Crippen molar-refractivity contribution < 1.29 is 4.42 Å². The van der Waals surface area contributed by atoms with Gasteiger partial charge in [-0.1, -0.05) is 0 Å². The second-order valence-corrected chi connectivity index (χ2v) is 6.74. The fraction of sp³-hybridized carbons (Fsp3) is 0.333. The molecule has 0 spiro atoms. The van der Waals surface area contributed by atoms with Crippen molar-refractivity contribution in [1.29, 1.82) is 0 Å². The molecule has 6 heteroatoms. The zero-order valence-electron chi connectivity index (χ0n) is 11.3. The predicted molar refractivity (Wildman–Crippen MR) is 85.3 cm³/mol. The van der Waals surface area contributed by atoms with Gasteiger partial charge >= 0.3 is 0 Å². The van der Waals surface area contributed by atoms with Crippen molar-refractivity contribution >= 4 is 34.5 Å². The van der Waals surface area contributed by atoms with E-state index in [9.17, 15) is 0 Å². The van der Waals surface area contributed by atoms with Crippen molar-refractivity contribution in [3.05, 3.63) is 41.5 Å². The number of fused-ring (bicyclic) bond motifs is 1. The molecule has 4 rings (SSSR count). The van der Waals surface area contributed by atoms with Gasteiger partial charge in [0.2, 0.25) is 5.88 Å². The van der Waals surface area contributed by atoms with Crippen molar-refractivity contribution in [2.45, 2.75) is 12.8 Å². The van der Waals surface area contributed by atoms with Gasteiger partial charge in [-0.05, 0) is 53.6 Å². The Hall–Kier alpha value is -1.46. The van der Waals surface area contributed by atoms with E-state index in [4.69, 9.17) is 21.0 Å². The minimum Gasteiger partial charge on any atom is -0.428 e. The molecule has 1 aliphatic heterocycles. The molecule has 1 atom stereocenters. The van der Waals surface area contributed by atoms with Gasteiger partial charge in [0.25, 0.3) is 0 Å². The zero-order valence-corrected chi connectivity index (χ0v) is 12.9. The highest BCUT2D eigenvalue weighted by Gasteiger charge is 2.22. The van der Waals surface area contributed by atoms with E-state index < -0.39 is 0 Å². The van der Waals surface area contributed by atoms with Gasteiger partial charge < -0.3 is 4.42 Å². The minimum atomic E-state index is 0.380. The van der Waals surface area contributed by atoms with E-state index in [0.29, 0.717) is 17.0 Å². The number of aromatic nitrogens is 3. The van der Waals surface area contributed by atoms with Crippen molar-refractivity contribution in [3.63, 3.8) is 0 Å². The molecular formula is C15H14ClN3OS. The molecule has 0 radical (unpaired) electrons. The number of imidazole rings is 1. The van der Waals surface area contributed by atoms with Crippen molar-refractivity contribution in [1.82, 2.24) is 14.5 Å². The van der Waals surface area contributed by atoms with E-state index in [1.54, 1.807) is 12.3 Å². The van der Waals surface area contributed by atoms with E-state index >= 15 is 0 Å². The molecule has 3 aromatic rings. The maximum atomic E-state index is 5.93. The fourth-order valence-corrected chi connectivity index (χ4v) is 4.18. The highest BCUT2D eigenvalue weighted by molar-refractivity contribution is 7.99. The molecule has 0 aromatic carbocycles. The lowest BCUT2D eigenvalue weighted by Crippen LogP contribution is -2.09. The van der Waals surface area contributed by atoms with Crippen LogP contribution in [0.25, 0.3) is 17.0 Å². The largest absolute Gasteiger partial charge is 0.428 e. The van der Waals surface area contributed by atoms with Crippen LogP contribution >= 0.6 is 23.4 Å². The maximum absolute atomic E-state index is 5.93. The van der Waals surface area contributed by atoms with Crippen LogP contribution in [-0.4, -0.2) is 26.0 Å². The lowest BCUT2D eigenvalue weighted by Gasteiger charge is -2.09. The summed E-state index contributed by atoms with van der Waals surface area (Å²) in [6.45, 7) is 0. The standard InChI is InChI=1S/C15H14ClN3OS/c16-12-3-4-14(20-12)19-13(8-10-5-7-21-9-10)18-11-2-1-6-17-15(11)19/h1-4,6,10H,5,7-9H2. The number of rotatable bonds is 3. The normalized spacial score (nSPS) is 18.6. The van der Waals surface area contributed by atoms with Crippen LogP contribution < -0.4 is 0 Å². The minimum absolute atomic E-state index is 0.380. The average Bonchev–Trinajstić information content (AvgIpc) is 3.18. The van der Waals surface area contributed by atoms with Gasteiger partial charge in [0.05, 0.1) is 0 Å². The summed E-state index contributed by atoms with van der Waals surface area (Å²) >= 11 is 7.94. The molecule has 1 unspecified atom stereocenters. The topological polar surface area (TPSA) is 43.9 Å². The molecule has 108 valence electrons. The molecule has 0 aliphatic carbocycles. The first-order valence-electron chi connectivity index (χ1n) is 6.97. The Morgan fingerprint density at radius 2 is 2.33 bits per heavy atom. The molecule has 0 bridgehead atoms. The van der Waals surface area contributed by atoms with Crippen LogP contribution in [0.5, 0.6) is 0 Å². The molecule has 21 heavy (non-hydrogen) atoms. The van der Waals surface area contributed by atoms with Crippen molar-refractivity contribution in [2.75, 3.05) is 11.5 Å². The summed E-state index contributed by atoms with van der Waals surface area (Å²) in [6, 6.07) is 7.51. The number of thioether (sulfide) groups is 1. The van der Waals surface area contributed by atoms with Gasteiger partial charge in [-0.15, -0.1) is 0 Å². The number of hydrogen-bond donors (Lipinski definition) is 0. The third-order valence-corrected chi connectivity index (χ3v) is 5.19. The monoisotopic (exact) mass is 319 g/mol. The predicted octanol–water partition coefficient (Wildman–Crippen LogP) is 3.96. The molecular weight excluding hydrogens is 306 g/mol. The Morgan fingerprint density at radius 1 is 1.38 bits per heavy atom. The smallest absolute Gasteiger partial charge is 0.208 e. The van der Waals surface area contributed by atoms with Gasteiger partial charge in [0, 0.05) is 18.7 Å². The van der Waals surface area contributed by atoms with Gasteiger partial charge in [0.15, 0.2) is 10.9 Å². The third-order valence-electron chi connectivity index (χ3n) is 3.76. The van der Waals surface area contributed by atoms with Gasteiger partial charge in [-0.2, -0.15) is 11.8 Å². The fourth-order valence-electron chi connectivity index (χ4n) is 2.76. The Kier molecular flexibility index (Phi) is 3.39. The van der Waals surface area contributed by atoms with E-state index in [2.05, 4.69) is 4.98 Å². The molecule has 0 saturated carbocycles. The molecule has 0 amide bonds. The zero-order chi connectivity index (χ0) is 14.2. The first-order chi connectivity index (χ1) is 10.3. The SMILES string of the molecule is Clc1ccc(-n2c(CC3CCSC3)nc3cccnc32)o1. The van der Waals surface area contributed by atoms with Crippen LogP contribution in [0.15, 0.2) is 34.9 Å². The molecule has 1 saturated heterocycles. The average molecular weight is 320 g/mol. The van der Waals surface area contributed by atoms with E-state index in [1.165, 1.54) is 17.9 Å². The Labute approximate surface area is 131 Å². The van der Waals surface area contributed by atoms with Crippen LogP contribution in [0.1, 0.15) is 12.2 Å². The van der Waals surface area contributed by atoms with Gasteiger partial charge in [-0.3, -0.25) is 0 Å². The van der Waals surface area contributed by atoms with Crippen LogP contribution in [0.4, 0.5) is 0 Å². The second kappa shape index (κ2) is 5.39.